The lowest BCUT2D eigenvalue weighted by Crippen LogP contribution is -2.22. The van der Waals surface area contributed by atoms with Crippen LogP contribution in [0.2, 0.25) is 0 Å². The van der Waals surface area contributed by atoms with Crippen molar-refractivity contribution in [1.82, 2.24) is 9.55 Å². The summed E-state index contributed by atoms with van der Waals surface area (Å²) in [4.78, 5) is 41.9. The normalized spacial score (nSPS) is 10.8. The van der Waals surface area contributed by atoms with E-state index >= 15 is 0 Å². The van der Waals surface area contributed by atoms with E-state index in [2.05, 4.69) is 4.98 Å². The van der Waals surface area contributed by atoms with Crippen molar-refractivity contribution in [2.24, 2.45) is 0 Å². The Morgan fingerprint density at radius 2 is 1.93 bits per heavy atom. The molecule has 7 nitrogen and oxygen atoms in total. The van der Waals surface area contributed by atoms with Gasteiger partial charge in [0.05, 0.1) is 24.7 Å². The van der Waals surface area contributed by atoms with Gasteiger partial charge in [0.1, 0.15) is 16.3 Å². The quantitative estimate of drug-likeness (QED) is 0.567. The molecule has 0 aliphatic carbocycles. The van der Waals surface area contributed by atoms with Gasteiger partial charge in [-0.25, -0.2) is 9.78 Å². The van der Waals surface area contributed by atoms with Crippen LogP contribution in [0.3, 0.4) is 0 Å². The molecule has 0 amide bonds. The molecule has 0 fully saturated rings. The summed E-state index contributed by atoms with van der Waals surface area (Å²) in [7, 11) is 0. The highest BCUT2D eigenvalue weighted by Crippen LogP contribution is 2.27. The maximum atomic E-state index is 12.8. The first kappa shape index (κ1) is 19.8. The van der Waals surface area contributed by atoms with Crippen LogP contribution >= 0.6 is 11.3 Å². The number of aryl methyl sites for hydroxylation is 2. The Morgan fingerprint density at radius 1 is 1.18 bits per heavy atom. The van der Waals surface area contributed by atoms with Crippen molar-refractivity contribution in [2.75, 3.05) is 6.61 Å². The predicted octanol–water partition coefficient (Wildman–Crippen LogP) is 3.08. The first-order valence-corrected chi connectivity index (χ1v) is 9.68. The zero-order chi connectivity index (χ0) is 20.1. The second-order valence-electron chi connectivity index (χ2n) is 6.10. The predicted molar refractivity (Wildman–Crippen MR) is 105 cm³/mol. The lowest BCUT2D eigenvalue weighted by Gasteiger charge is -2.05. The van der Waals surface area contributed by atoms with Gasteiger partial charge < -0.3 is 9.47 Å². The number of nitrogens with zero attached hydrogens (tertiary/aromatic N) is 2. The summed E-state index contributed by atoms with van der Waals surface area (Å²) in [5, 5.41) is 0.378. The molecule has 0 bridgehead atoms. The SMILES string of the molecule is CCOC(=O)CCn1cnc2sc(C(=O)OCc3ccccc3)c(C)c2c1=O. The molecule has 8 heteroatoms. The van der Waals surface area contributed by atoms with E-state index < -0.39 is 5.97 Å². The number of hydrogen-bond donors (Lipinski definition) is 0. The molecule has 2 aromatic heterocycles. The molecule has 0 spiro atoms. The summed E-state index contributed by atoms with van der Waals surface area (Å²) in [5.41, 5.74) is 1.14. The number of ether oxygens (including phenoxy) is 2. The molecule has 0 radical (unpaired) electrons. The fourth-order valence-corrected chi connectivity index (χ4v) is 3.78. The topological polar surface area (TPSA) is 87.5 Å². The molecule has 0 saturated carbocycles. The number of carbonyl (C=O) groups is 2. The minimum Gasteiger partial charge on any atom is -0.466 e. The average Bonchev–Trinajstić information content (AvgIpc) is 3.04. The van der Waals surface area contributed by atoms with Gasteiger partial charge >= 0.3 is 11.9 Å². The van der Waals surface area contributed by atoms with E-state index in [1.165, 1.54) is 10.9 Å². The summed E-state index contributed by atoms with van der Waals surface area (Å²) in [6.45, 7) is 4.05. The Bertz CT molecular complexity index is 1060. The fourth-order valence-electron chi connectivity index (χ4n) is 2.75. The summed E-state index contributed by atoms with van der Waals surface area (Å²) >= 11 is 1.13. The van der Waals surface area contributed by atoms with E-state index in [0.29, 0.717) is 27.3 Å². The molecule has 0 saturated heterocycles. The maximum Gasteiger partial charge on any atom is 0.349 e. The summed E-state index contributed by atoms with van der Waals surface area (Å²) in [5.74, 6) is -0.858. The molecule has 2 heterocycles. The maximum absolute atomic E-state index is 12.8. The first-order chi connectivity index (χ1) is 13.5. The second-order valence-corrected chi connectivity index (χ2v) is 7.10. The fraction of sp³-hybridized carbons (Fsp3) is 0.300. The van der Waals surface area contributed by atoms with Gasteiger partial charge in [-0.05, 0) is 25.0 Å². The van der Waals surface area contributed by atoms with Gasteiger partial charge in [-0.15, -0.1) is 11.3 Å². The van der Waals surface area contributed by atoms with Crippen LogP contribution in [0.1, 0.15) is 34.1 Å². The number of carbonyl (C=O) groups excluding carboxylic acids is 2. The van der Waals surface area contributed by atoms with Gasteiger partial charge in [0.25, 0.3) is 5.56 Å². The number of fused-ring (bicyclic) bond motifs is 1. The van der Waals surface area contributed by atoms with Crippen LogP contribution in [0.4, 0.5) is 0 Å². The Labute approximate surface area is 165 Å². The van der Waals surface area contributed by atoms with Crippen LogP contribution in [0.25, 0.3) is 10.2 Å². The molecule has 146 valence electrons. The first-order valence-electron chi connectivity index (χ1n) is 8.86. The third-order valence-electron chi connectivity index (χ3n) is 4.18. The number of hydrogen-bond acceptors (Lipinski definition) is 7. The highest BCUT2D eigenvalue weighted by atomic mass is 32.1. The highest BCUT2D eigenvalue weighted by Gasteiger charge is 2.21. The molecule has 0 aliphatic heterocycles. The van der Waals surface area contributed by atoms with E-state index in [-0.39, 0.29) is 31.1 Å². The largest absolute Gasteiger partial charge is 0.466 e. The van der Waals surface area contributed by atoms with Crippen LogP contribution in [-0.4, -0.2) is 28.1 Å². The Balaban J connectivity index is 1.80. The van der Waals surface area contributed by atoms with E-state index in [1.54, 1.807) is 13.8 Å². The van der Waals surface area contributed by atoms with Crippen LogP contribution in [0.15, 0.2) is 41.5 Å². The summed E-state index contributed by atoms with van der Waals surface area (Å²) in [6.07, 6.45) is 1.47. The van der Waals surface area contributed by atoms with Crippen molar-refractivity contribution in [3.05, 3.63) is 63.0 Å². The van der Waals surface area contributed by atoms with Gasteiger partial charge in [-0.3, -0.25) is 14.2 Å². The van der Waals surface area contributed by atoms with Crippen molar-refractivity contribution in [1.29, 1.82) is 0 Å². The minimum atomic E-state index is -0.484. The van der Waals surface area contributed by atoms with Crippen molar-refractivity contribution < 1.29 is 19.1 Å². The molecule has 0 N–H and O–H groups in total. The van der Waals surface area contributed by atoms with Crippen molar-refractivity contribution in [3.8, 4) is 0 Å². The molecule has 1 aromatic carbocycles. The molecule has 0 aliphatic rings. The van der Waals surface area contributed by atoms with Gasteiger partial charge in [-0.2, -0.15) is 0 Å². The number of rotatable bonds is 7. The van der Waals surface area contributed by atoms with Crippen molar-refractivity contribution >= 4 is 33.5 Å². The summed E-state index contributed by atoms with van der Waals surface area (Å²) < 4.78 is 11.6. The van der Waals surface area contributed by atoms with Gasteiger partial charge in [0.2, 0.25) is 0 Å². The Kier molecular flexibility index (Phi) is 6.20. The lowest BCUT2D eigenvalue weighted by molar-refractivity contribution is -0.143. The lowest BCUT2D eigenvalue weighted by atomic mass is 10.2. The minimum absolute atomic E-state index is 0.0795. The Hall–Kier alpha value is -3.00. The third kappa shape index (κ3) is 4.28. The van der Waals surface area contributed by atoms with Crippen LogP contribution in [-0.2, 0) is 27.4 Å². The van der Waals surface area contributed by atoms with Crippen LogP contribution in [0, 0.1) is 6.92 Å². The van der Waals surface area contributed by atoms with Crippen molar-refractivity contribution in [2.45, 2.75) is 33.4 Å². The molecule has 28 heavy (non-hydrogen) atoms. The number of aromatic nitrogens is 2. The van der Waals surface area contributed by atoms with Gasteiger partial charge in [0.15, 0.2) is 0 Å². The average molecular weight is 400 g/mol. The van der Waals surface area contributed by atoms with Crippen LogP contribution in [0.5, 0.6) is 0 Å². The van der Waals surface area contributed by atoms with Gasteiger partial charge in [0, 0.05) is 6.54 Å². The molecule has 0 unspecified atom stereocenters. The van der Waals surface area contributed by atoms with E-state index in [0.717, 1.165) is 16.9 Å². The standard InChI is InChI=1S/C20H20N2O5S/c1-3-26-15(23)9-10-22-12-21-18-16(19(22)24)13(2)17(28-18)20(25)27-11-14-7-5-4-6-8-14/h4-8,12H,3,9-11H2,1-2H3. The molecule has 3 rings (SSSR count). The molecule has 3 aromatic rings. The molecular formula is C20H20N2O5S. The van der Waals surface area contributed by atoms with Crippen LogP contribution < -0.4 is 5.56 Å². The monoisotopic (exact) mass is 400 g/mol. The van der Waals surface area contributed by atoms with E-state index in [1.807, 2.05) is 30.3 Å². The Morgan fingerprint density at radius 3 is 2.64 bits per heavy atom. The number of benzene rings is 1. The van der Waals surface area contributed by atoms with Crippen molar-refractivity contribution in [3.63, 3.8) is 0 Å². The number of esters is 2. The summed E-state index contributed by atoms with van der Waals surface area (Å²) in [6, 6.07) is 9.37. The zero-order valence-electron chi connectivity index (χ0n) is 15.6. The van der Waals surface area contributed by atoms with E-state index in [9.17, 15) is 14.4 Å². The second kappa shape index (κ2) is 8.79. The third-order valence-corrected chi connectivity index (χ3v) is 5.36. The zero-order valence-corrected chi connectivity index (χ0v) is 16.5. The highest BCUT2D eigenvalue weighted by molar-refractivity contribution is 7.20. The van der Waals surface area contributed by atoms with E-state index in [4.69, 9.17) is 9.47 Å². The molecular weight excluding hydrogens is 380 g/mol. The smallest absolute Gasteiger partial charge is 0.349 e. The van der Waals surface area contributed by atoms with Gasteiger partial charge in [-0.1, -0.05) is 30.3 Å². The number of thiophene rings is 1. The molecule has 0 atom stereocenters.